The number of ether oxygens (including phenoxy) is 3. The molecule has 2 aromatic heterocycles. The van der Waals surface area contributed by atoms with E-state index in [9.17, 15) is 4.79 Å². The first kappa shape index (κ1) is 25.7. The Morgan fingerprint density at radius 2 is 1.69 bits per heavy atom. The minimum Gasteiger partial charge on any atom is -0.494 e. The lowest BCUT2D eigenvalue weighted by Gasteiger charge is -2.11. The Morgan fingerprint density at radius 1 is 0.917 bits per heavy atom. The predicted molar refractivity (Wildman–Crippen MR) is 144 cm³/mol. The van der Waals surface area contributed by atoms with Crippen LogP contribution in [0.2, 0.25) is 0 Å². The maximum Gasteiger partial charge on any atom is 0.291 e. The number of thiazole rings is 1. The zero-order valence-corrected chi connectivity index (χ0v) is 22.0. The Kier molecular flexibility index (Phi) is 8.95. The maximum absolute atomic E-state index is 13.0. The molecule has 4 aromatic rings. The molecule has 0 N–H and O–H groups in total. The number of methoxy groups -OCH3 is 1. The van der Waals surface area contributed by atoms with Gasteiger partial charge >= 0.3 is 0 Å². The highest BCUT2D eigenvalue weighted by molar-refractivity contribution is 7.15. The Labute approximate surface area is 215 Å². The van der Waals surface area contributed by atoms with Crippen LogP contribution in [0.15, 0.2) is 47.3 Å². The molecule has 4 rings (SSSR count). The Morgan fingerprint density at radius 3 is 2.42 bits per heavy atom. The fourth-order valence-corrected chi connectivity index (χ4v) is 4.65. The fraction of sp³-hybridized carbons (Fsp3) is 0.393. The topological polar surface area (TPSA) is 75.0 Å². The minimum atomic E-state index is -0.191. The maximum atomic E-state index is 13.0. The highest BCUT2D eigenvalue weighted by Gasteiger charge is 2.13. The van der Waals surface area contributed by atoms with Gasteiger partial charge in [0.05, 0.1) is 24.9 Å². The Hall–Kier alpha value is -3.39. The zero-order valence-electron chi connectivity index (χ0n) is 21.2. The largest absolute Gasteiger partial charge is 0.494 e. The van der Waals surface area contributed by atoms with Crippen LogP contribution in [-0.4, -0.2) is 34.9 Å². The first-order valence-electron chi connectivity index (χ1n) is 12.6. The van der Waals surface area contributed by atoms with Gasteiger partial charge in [0.1, 0.15) is 5.75 Å². The van der Waals surface area contributed by atoms with Crippen LogP contribution in [0.1, 0.15) is 57.9 Å². The van der Waals surface area contributed by atoms with Crippen molar-refractivity contribution in [3.05, 3.63) is 62.9 Å². The zero-order chi connectivity index (χ0) is 25.3. The molecular weight excluding hydrogens is 474 g/mol. The SMILES string of the molecule is CCCCCCOc1ccc(/C=c2\sc3nc(-c4ccc(OCCCC)cc4)nn3c2=O)cc1OC. The van der Waals surface area contributed by atoms with Crippen molar-refractivity contribution in [1.29, 1.82) is 0 Å². The van der Waals surface area contributed by atoms with E-state index < -0.39 is 0 Å². The van der Waals surface area contributed by atoms with Crippen LogP contribution in [0.25, 0.3) is 22.4 Å². The normalized spacial score (nSPS) is 11.8. The van der Waals surface area contributed by atoms with Gasteiger partial charge in [-0.05, 0) is 60.9 Å². The summed E-state index contributed by atoms with van der Waals surface area (Å²) in [5, 5.41) is 4.45. The second-order valence-electron chi connectivity index (χ2n) is 8.59. The lowest BCUT2D eigenvalue weighted by Crippen LogP contribution is -2.23. The molecule has 8 heteroatoms. The summed E-state index contributed by atoms with van der Waals surface area (Å²) in [6.45, 7) is 5.69. The van der Waals surface area contributed by atoms with Crippen molar-refractivity contribution in [2.24, 2.45) is 0 Å². The van der Waals surface area contributed by atoms with Gasteiger partial charge in [-0.2, -0.15) is 9.50 Å². The van der Waals surface area contributed by atoms with E-state index in [1.54, 1.807) is 7.11 Å². The highest BCUT2D eigenvalue weighted by Crippen LogP contribution is 2.28. The van der Waals surface area contributed by atoms with Gasteiger partial charge in [-0.1, -0.05) is 56.9 Å². The van der Waals surface area contributed by atoms with Gasteiger partial charge < -0.3 is 14.2 Å². The molecule has 190 valence electrons. The Balaban J connectivity index is 1.50. The van der Waals surface area contributed by atoms with E-state index in [1.807, 2.05) is 48.5 Å². The third-order valence-corrected chi connectivity index (χ3v) is 6.76. The average molecular weight is 508 g/mol. The summed E-state index contributed by atoms with van der Waals surface area (Å²) < 4.78 is 19.1. The number of benzene rings is 2. The molecule has 0 aliphatic rings. The standard InChI is InChI=1S/C28H33N3O4S/c1-4-6-8-9-17-35-23-15-10-20(18-24(23)33-3)19-25-27(32)31-28(36-25)29-26(30-31)21-11-13-22(14-12-21)34-16-7-5-2/h10-15,18-19H,4-9,16-17H2,1-3H3/b25-19-. The lowest BCUT2D eigenvalue weighted by atomic mass is 10.2. The molecule has 7 nitrogen and oxygen atoms in total. The van der Waals surface area contributed by atoms with Gasteiger partial charge in [-0.25, -0.2) is 0 Å². The Bertz CT molecular complexity index is 1380. The molecule has 0 spiro atoms. The van der Waals surface area contributed by atoms with Crippen LogP contribution >= 0.6 is 11.3 Å². The molecule has 0 radical (unpaired) electrons. The number of aromatic nitrogens is 3. The van der Waals surface area contributed by atoms with Crippen molar-refractivity contribution in [3.63, 3.8) is 0 Å². The van der Waals surface area contributed by atoms with Gasteiger partial charge in [0, 0.05) is 5.56 Å². The molecule has 2 heterocycles. The second-order valence-corrected chi connectivity index (χ2v) is 9.60. The molecular formula is C28H33N3O4S. The molecule has 0 saturated heterocycles. The molecule has 0 aliphatic heterocycles. The molecule has 0 atom stereocenters. The number of rotatable bonds is 13. The molecule has 0 bridgehead atoms. The number of fused-ring (bicyclic) bond motifs is 1. The molecule has 0 unspecified atom stereocenters. The number of hydrogen-bond acceptors (Lipinski definition) is 7. The van der Waals surface area contributed by atoms with E-state index in [-0.39, 0.29) is 5.56 Å². The van der Waals surface area contributed by atoms with Crippen molar-refractivity contribution >= 4 is 22.4 Å². The van der Waals surface area contributed by atoms with Gasteiger partial charge in [0.15, 0.2) is 17.3 Å². The van der Waals surface area contributed by atoms with Crippen LogP contribution in [-0.2, 0) is 0 Å². The minimum absolute atomic E-state index is 0.191. The summed E-state index contributed by atoms with van der Waals surface area (Å²) in [4.78, 5) is 18.1. The van der Waals surface area contributed by atoms with Gasteiger partial charge in [-0.3, -0.25) is 4.79 Å². The van der Waals surface area contributed by atoms with E-state index in [0.29, 0.717) is 40.0 Å². The van der Waals surface area contributed by atoms with Crippen molar-refractivity contribution in [1.82, 2.24) is 14.6 Å². The van der Waals surface area contributed by atoms with Gasteiger partial charge in [0.25, 0.3) is 5.56 Å². The van der Waals surface area contributed by atoms with Crippen molar-refractivity contribution < 1.29 is 14.2 Å². The highest BCUT2D eigenvalue weighted by atomic mass is 32.1. The first-order valence-corrected chi connectivity index (χ1v) is 13.4. The van der Waals surface area contributed by atoms with Crippen LogP contribution in [0, 0.1) is 0 Å². The molecule has 0 amide bonds. The quantitative estimate of drug-likeness (QED) is 0.222. The van der Waals surface area contributed by atoms with Crippen LogP contribution in [0.5, 0.6) is 17.2 Å². The summed E-state index contributed by atoms with van der Waals surface area (Å²) in [6, 6.07) is 13.3. The summed E-state index contributed by atoms with van der Waals surface area (Å²) >= 11 is 1.31. The fourth-order valence-electron chi connectivity index (χ4n) is 3.75. The van der Waals surface area contributed by atoms with Gasteiger partial charge in [-0.15, -0.1) is 5.10 Å². The first-order chi connectivity index (χ1) is 17.6. The molecule has 0 aliphatic carbocycles. The van der Waals surface area contributed by atoms with Crippen molar-refractivity contribution in [2.75, 3.05) is 20.3 Å². The molecule has 0 saturated carbocycles. The van der Waals surface area contributed by atoms with Crippen molar-refractivity contribution in [2.45, 2.75) is 52.4 Å². The summed E-state index contributed by atoms with van der Waals surface area (Å²) in [5.41, 5.74) is 1.50. The predicted octanol–water partition coefficient (Wildman–Crippen LogP) is 5.51. The second kappa shape index (κ2) is 12.5. The van der Waals surface area contributed by atoms with E-state index in [2.05, 4.69) is 23.9 Å². The molecule has 0 fully saturated rings. The van der Waals surface area contributed by atoms with E-state index >= 15 is 0 Å². The third kappa shape index (κ3) is 6.23. The smallest absolute Gasteiger partial charge is 0.291 e. The van der Waals surface area contributed by atoms with E-state index in [4.69, 9.17) is 14.2 Å². The monoisotopic (exact) mass is 507 g/mol. The average Bonchev–Trinajstić information content (AvgIpc) is 3.44. The van der Waals surface area contributed by atoms with Crippen LogP contribution in [0.4, 0.5) is 0 Å². The number of nitrogens with zero attached hydrogens (tertiary/aromatic N) is 3. The van der Waals surface area contributed by atoms with Crippen LogP contribution in [0.3, 0.4) is 0 Å². The third-order valence-electron chi connectivity index (χ3n) is 5.80. The van der Waals surface area contributed by atoms with E-state index in [1.165, 1.54) is 28.7 Å². The molecule has 2 aromatic carbocycles. The van der Waals surface area contributed by atoms with E-state index in [0.717, 1.165) is 42.6 Å². The van der Waals surface area contributed by atoms with Gasteiger partial charge in [0.2, 0.25) is 4.96 Å². The van der Waals surface area contributed by atoms with Crippen molar-refractivity contribution in [3.8, 4) is 28.6 Å². The lowest BCUT2D eigenvalue weighted by molar-refractivity contribution is 0.285. The summed E-state index contributed by atoms with van der Waals surface area (Å²) in [5.74, 6) is 2.70. The molecule has 36 heavy (non-hydrogen) atoms. The summed E-state index contributed by atoms with van der Waals surface area (Å²) in [7, 11) is 1.62. The summed E-state index contributed by atoms with van der Waals surface area (Å²) in [6.07, 6.45) is 8.54. The number of unbranched alkanes of at least 4 members (excludes halogenated alkanes) is 4. The van der Waals surface area contributed by atoms with Crippen LogP contribution < -0.4 is 24.3 Å². The number of hydrogen-bond donors (Lipinski definition) is 0.